The van der Waals surface area contributed by atoms with Crippen LogP contribution in [0.2, 0.25) is 0 Å². The number of benzene rings is 2. The Balaban J connectivity index is 1.71. The molecule has 0 saturated carbocycles. The Kier molecular flexibility index (Phi) is 10.6. The summed E-state index contributed by atoms with van der Waals surface area (Å²) in [5.41, 5.74) is 1.64. The lowest BCUT2D eigenvalue weighted by Crippen LogP contribution is -2.35. The van der Waals surface area contributed by atoms with Crippen molar-refractivity contribution in [2.45, 2.75) is 70.1 Å². The molecule has 10 nitrogen and oxygen atoms in total. The first-order valence-corrected chi connectivity index (χ1v) is 13.8. The van der Waals surface area contributed by atoms with E-state index in [1.54, 1.807) is 44.4 Å². The van der Waals surface area contributed by atoms with Gasteiger partial charge in [-0.25, -0.2) is 4.79 Å². The molecule has 0 spiro atoms. The molecule has 228 valence electrons. The molecule has 0 radical (unpaired) electrons. The lowest BCUT2D eigenvalue weighted by Gasteiger charge is -2.25. The number of methoxy groups -OCH3 is 3. The topological polar surface area (TPSA) is 111 Å². The molecule has 2 aromatic rings. The normalized spacial score (nSPS) is 25.6. The molecular formula is C32H40O10. The first kappa shape index (κ1) is 31.5. The van der Waals surface area contributed by atoms with Gasteiger partial charge in [0.05, 0.1) is 26.9 Å². The SMILES string of the molecule is COCOc1cc(OC)cc2c1C(=O)O[C@@H](C)[C@H](OCc1ccc(OC)cc1)C=CC(O)[C@H]1OC(C)(C)O[C@H]1CC=C2. The molecule has 10 heteroatoms. The number of aliphatic hydroxyl groups is 1. The fourth-order valence-electron chi connectivity index (χ4n) is 4.87. The van der Waals surface area contributed by atoms with Gasteiger partial charge >= 0.3 is 5.97 Å². The fourth-order valence-corrected chi connectivity index (χ4v) is 4.87. The third-order valence-electron chi connectivity index (χ3n) is 6.96. The molecule has 4 rings (SSSR count). The highest BCUT2D eigenvalue weighted by atomic mass is 16.8. The highest BCUT2D eigenvalue weighted by Gasteiger charge is 2.43. The first-order chi connectivity index (χ1) is 20.1. The third-order valence-corrected chi connectivity index (χ3v) is 6.96. The van der Waals surface area contributed by atoms with E-state index in [9.17, 15) is 9.90 Å². The van der Waals surface area contributed by atoms with Crippen LogP contribution in [0.5, 0.6) is 17.2 Å². The maximum atomic E-state index is 13.7. The number of carbonyl (C=O) groups is 1. The van der Waals surface area contributed by atoms with Crippen LogP contribution < -0.4 is 14.2 Å². The molecule has 42 heavy (non-hydrogen) atoms. The first-order valence-electron chi connectivity index (χ1n) is 13.8. The minimum absolute atomic E-state index is 0.0790. The number of ether oxygens (including phenoxy) is 8. The van der Waals surface area contributed by atoms with Crippen molar-refractivity contribution in [3.8, 4) is 17.2 Å². The summed E-state index contributed by atoms with van der Waals surface area (Å²) in [7, 11) is 4.63. The van der Waals surface area contributed by atoms with Gasteiger partial charge in [0.15, 0.2) is 12.6 Å². The van der Waals surface area contributed by atoms with Crippen LogP contribution in [0.1, 0.15) is 48.7 Å². The van der Waals surface area contributed by atoms with E-state index >= 15 is 0 Å². The Labute approximate surface area is 246 Å². The van der Waals surface area contributed by atoms with Crippen LogP contribution in [-0.4, -0.2) is 75.5 Å². The van der Waals surface area contributed by atoms with Crippen molar-refractivity contribution in [1.29, 1.82) is 0 Å². The Morgan fingerprint density at radius 1 is 1.00 bits per heavy atom. The fraction of sp³-hybridized carbons (Fsp3) is 0.469. The van der Waals surface area contributed by atoms with Gasteiger partial charge in [0.2, 0.25) is 0 Å². The van der Waals surface area contributed by atoms with Gasteiger partial charge in [0.25, 0.3) is 0 Å². The minimum atomic E-state index is -0.996. The van der Waals surface area contributed by atoms with Crippen LogP contribution >= 0.6 is 0 Å². The van der Waals surface area contributed by atoms with Crippen LogP contribution in [0.15, 0.2) is 54.6 Å². The van der Waals surface area contributed by atoms with E-state index in [2.05, 4.69) is 0 Å². The molecule has 2 aliphatic rings. The van der Waals surface area contributed by atoms with Crippen LogP contribution in [0.3, 0.4) is 0 Å². The van der Waals surface area contributed by atoms with Crippen molar-refractivity contribution < 1.29 is 47.8 Å². The zero-order valence-electron chi connectivity index (χ0n) is 24.9. The Hall–Kier alpha value is -3.41. The summed E-state index contributed by atoms with van der Waals surface area (Å²) in [5.74, 6) is -0.0231. The van der Waals surface area contributed by atoms with Crippen molar-refractivity contribution in [3.63, 3.8) is 0 Å². The summed E-state index contributed by atoms with van der Waals surface area (Å²) in [5, 5.41) is 11.1. The summed E-state index contributed by atoms with van der Waals surface area (Å²) in [6.07, 6.45) is 3.82. The number of fused-ring (bicyclic) bond motifs is 2. The average molecular weight is 585 g/mol. The molecular weight excluding hydrogens is 544 g/mol. The lowest BCUT2D eigenvalue weighted by molar-refractivity contribution is -0.152. The molecule has 2 heterocycles. The van der Waals surface area contributed by atoms with Gasteiger partial charge in [0, 0.05) is 13.2 Å². The number of hydrogen-bond acceptors (Lipinski definition) is 10. The maximum Gasteiger partial charge on any atom is 0.342 e. The summed E-state index contributed by atoms with van der Waals surface area (Å²) in [6.45, 7) is 5.50. The van der Waals surface area contributed by atoms with Crippen molar-refractivity contribution >= 4 is 12.0 Å². The molecule has 1 unspecified atom stereocenters. The van der Waals surface area contributed by atoms with Gasteiger partial charge in [-0.15, -0.1) is 0 Å². The lowest BCUT2D eigenvalue weighted by atomic mass is 10.0. The smallest absolute Gasteiger partial charge is 0.342 e. The molecule has 1 fully saturated rings. The molecule has 0 bridgehead atoms. The van der Waals surface area contributed by atoms with Gasteiger partial charge in [-0.3, -0.25) is 0 Å². The van der Waals surface area contributed by atoms with Gasteiger partial charge in [-0.05, 0) is 56.5 Å². The van der Waals surface area contributed by atoms with E-state index in [1.165, 1.54) is 14.2 Å². The van der Waals surface area contributed by atoms with Crippen LogP contribution in [-0.2, 0) is 30.3 Å². The quantitative estimate of drug-likeness (QED) is 0.267. The zero-order valence-corrected chi connectivity index (χ0v) is 24.9. The van der Waals surface area contributed by atoms with Crippen LogP contribution in [0.4, 0.5) is 0 Å². The standard InChI is InChI=1S/C32H40O10/c1-20-26(38-18-21-10-12-23(36-5)13-11-21)15-14-25(33)30-27(41-32(2,3)42-30)9-7-8-22-16-24(37-6)17-28(39-19-35-4)29(22)31(34)40-20/h7-8,10-17,20,25-27,30,33H,9,18-19H2,1-6H3/t20-,25?,26+,27-,30+/m0/s1. The van der Waals surface area contributed by atoms with E-state index < -0.39 is 42.3 Å². The van der Waals surface area contributed by atoms with Gasteiger partial charge < -0.3 is 43.0 Å². The van der Waals surface area contributed by atoms with Gasteiger partial charge in [0.1, 0.15) is 47.2 Å². The summed E-state index contributed by atoms with van der Waals surface area (Å²) in [6, 6.07) is 10.8. The second-order valence-electron chi connectivity index (χ2n) is 10.5. The number of hydrogen-bond donors (Lipinski definition) is 1. The van der Waals surface area contributed by atoms with E-state index in [4.69, 9.17) is 37.9 Å². The van der Waals surface area contributed by atoms with E-state index in [0.717, 1.165) is 11.3 Å². The maximum absolute atomic E-state index is 13.7. The molecule has 1 saturated heterocycles. The molecule has 2 aliphatic heterocycles. The number of cyclic esters (lactones) is 1. The van der Waals surface area contributed by atoms with E-state index in [1.807, 2.05) is 44.2 Å². The second kappa shape index (κ2) is 14.2. The molecule has 0 amide bonds. The van der Waals surface area contributed by atoms with E-state index in [0.29, 0.717) is 17.7 Å². The predicted octanol–water partition coefficient (Wildman–Crippen LogP) is 4.67. The van der Waals surface area contributed by atoms with Crippen LogP contribution in [0, 0.1) is 0 Å². The highest BCUT2D eigenvalue weighted by Crippen LogP contribution is 2.35. The predicted molar refractivity (Wildman–Crippen MR) is 155 cm³/mol. The summed E-state index contributed by atoms with van der Waals surface area (Å²) >= 11 is 0. The highest BCUT2D eigenvalue weighted by molar-refractivity contribution is 5.97. The van der Waals surface area contributed by atoms with Crippen molar-refractivity contribution in [1.82, 2.24) is 0 Å². The molecule has 1 N–H and O–H groups in total. The Morgan fingerprint density at radius 2 is 1.74 bits per heavy atom. The summed E-state index contributed by atoms with van der Waals surface area (Å²) < 4.78 is 45.9. The van der Waals surface area contributed by atoms with Gasteiger partial charge in [-0.1, -0.05) is 36.4 Å². The number of rotatable bonds is 8. The Morgan fingerprint density at radius 3 is 2.43 bits per heavy atom. The van der Waals surface area contributed by atoms with E-state index in [-0.39, 0.29) is 24.7 Å². The minimum Gasteiger partial charge on any atom is -0.497 e. The molecule has 0 aliphatic carbocycles. The van der Waals surface area contributed by atoms with Gasteiger partial charge in [-0.2, -0.15) is 0 Å². The summed E-state index contributed by atoms with van der Waals surface area (Å²) in [4.78, 5) is 13.7. The average Bonchev–Trinajstić information content (AvgIpc) is 3.29. The monoisotopic (exact) mass is 584 g/mol. The third kappa shape index (κ3) is 7.90. The van der Waals surface area contributed by atoms with Crippen LogP contribution in [0.25, 0.3) is 6.08 Å². The Bertz CT molecular complexity index is 1250. The van der Waals surface area contributed by atoms with Crippen molar-refractivity contribution in [3.05, 3.63) is 71.3 Å². The van der Waals surface area contributed by atoms with Crippen molar-refractivity contribution in [2.75, 3.05) is 28.1 Å². The molecule has 0 aromatic heterocycles. The molecule has 2 aromatic carbocycles. The largest absolute Gasteiger partial charge is 0.497 e. The number of carbonyl (C=O) groups excluding carboxylic acids is 1. The molecule has 5 atom stereocenters. The second-order valence-corrected chi connectivity index (χ2v) is 10.5. The number of aliphatic hydroxyl groups excluding tert-OH is 1. The zero-order chi connectivity index (χ0) is 30.3. The van der Waals surface area contributed by atoms with Crippen molar-refractivity contribution in [2.24, 2.45) is 0 Å². The number of esters is 1.